The number of nitrogens with one attached hydrogen (secondary N) is 2. The molecule has 2 aromatic heterocycles. The highest BCUT2D eigenvalue weighted by Gasteiger charge is 2.29. The summed E-state index contributed by atoms with van der Waals surface area (Å²) in [4.78, 5) is 30.4. The van der Waals surface area contributed by atoms with Gasteiger partial charge in [-0.15, -0.1) is 0 Å². The second-order valence-electron chi connectivity index (χ2n) is 9.65. The topological polar surface area (TPSA) is 79.4 Å². The molecule has 2 N–H and O–H groups in total. The first-order chi connectivity index (χ1) is 17.2. The zero-order chi connectivity index (χ0) is 26.0. The number of rotatable bonds is 8. The first-order valence-electron chi connectivity index (χ1n) is 12.4. The molecule has 0 saturated carbocycles. The van der Waals surface area contributed by atoms with E-state index in [0.717, 1.165) is 36.0 Å². The maximum Gasteiger partial charge on any atom is 0.256 e. The van der Waals surface area contributed by atoms with Crippen LogP contribution in [0.15, 0.2) is 35.1 Å². The average Bonchev–Trinajstić information content (AvgIpc) is 3.14. The number of benzene rings is 1. The quantitative estimate of drug-likeness (QED) is 0.485. The molecule has 1 amide bonds. The van der Waals surface area contributed by atoms with E-state index >= 15 is 0 Å². The Balaban J connectivity index is 1.54. The summed E-state index contributed by atoms with van der Waals surface area (Å²) in [6.07, 6.45) is -0.671. The van der Waals surface area contributed by atoms with Gasteiger partial charge in [-0.2, -0.15) is 0 Å². The number of alkyl halides is 2. The highest BCUT2D eigenvalue weighted by molar-refractivity contribution is 6.08. The molecule has 4 rings (SSSR count). The summed E-state index contributed by atoms with van der Waals surface area (Å²) < 4.78 is 33.7. The molecule has 0 spiro atoms. The molecule has 1 saturated heterocycles. The number of halogens is 2. The van der Waals surface area contributed by atoms with Gasteiger partial charge in [-0.3, -0.25) is 14.5 Å². The number of nitrogens with zero attached hydrogens (tertiary/aromatic N) is 2. The highest BCUT2D eigenvalue weighted by atomic mass is 19.3. The monoisotopic (exact) mass is 500 g/mol. The van der Waals surface area contributed by atoms with Crippen LogP contribution in [0, 0.1) is 19.8 Å². The van der Waals surface area contributed by atoms with Crippen LogP contribution in [-0.4, -0.2) is 53.0 Å². The lowest BCUT2D eigenvalue weighted by Gasteiger charge is -2.36. The number of aromatic amines is 1. The van der Waals surface area contributed by atoms with Crippen molar-refractivity contribution in [2.75, 3.05) is 20.2 Å². The predicted molar refractivity (Wildman–Crippen MR) is 136 cm³/mol. The van der Waals surface area contributed by atoms with E-state index in [1.807, 2.05) is 36.1 Å². The summed E-state index contributed by atoms with van der Waals surface area (Å²) in [5.74, 6) is 0.514. The van der Waals surface area contributed by atoms with Crippen molar-refractivity contribution in [3.05, 3.63) is 63.2 Å². The molecule has 3 aromatic rings. The number of para-hydroxylation sites is 1. The Kier molecular flexibility index (Phi) is 7.78. The molecule has 1 fully saturated rings. The van der Waals surface area contributed by atoms with E-state index in [2.05, 4.69) is 14.9 Å². The van der Waals surface area contributed by atoms with E-state index in [1.54, 1.807) is 19.9 Å². The number of ether oxygens (including phenoxy) is 1. The summed E-state index contributed by atoms with van der Waals surface area (Å²) >= 11 is 0. The second-order valence-corrected chi connectivity index (χ2v) is 9.65. The molecule has 0 bridgehead atoms. The predicted octanol–water partition coefficient (Wildman–Crippen LogP) is 4.25. The van der Waals surface area contributed by atoms with Crippen LogP contribution in [0.2, 0.25) is 0 Å². The van der Waals surface area contributed by atoms with Gasteiger partial charge in [0.1, 0.15) is 5.75 Å². The zero-order valence-corrected chi connectivity index (χ0v) is 21.2. The van der Waals surface area contributed by atoms with Crippen molar-refractivity contribution in [3.63, 3.8) is 0 Å². The van der Waals surface area contributed by atoms with E-state index in [1.165, 1.54) is 7.11 Å². The lowest BCUT2D eigenvalue weighted by molar-refractivity contribution is 0.0162. The third-order valence-corrected chi connectivity index (χ3v) is 7.36. The number of likely N-dealkylation sites (tertiary alicyclic amines) is 1. The summed E-state index contributed by atoms with van der Waals surface area (Å²) in [6, 6.07) is 8.79. The number of hydrogen-bond donors (Lipinski definition) is 2. The maximum atomic E-state index is 13.4. The Bertz CT molecular complexity index is 1290. The smallest absolute Gasteiger partial charge is 0.256 e. The molecule has 1 aliphatic heterocycles. The number of aryl methyl sites for hydroxylation is 1. The van der Waals surface area contributed by atoms with E-state index in [9.17, 15) is 18.4 Å². The fourth-order valence-corrected chi connectivity index (χ4v) is 5.21. The third kappa shape index (κ3) is 5.16. The Hall–Kier alpha value is -3.20. The first kappa shape index (κ1) is 25.9. The molecule has 3 heterocycles. The van der Waals surface area contributed by atoms with E-state index < -0.39 is 12.5 Å². The van der Waals surface area contributed by atoms with Crippen molar-refractivity contribution >= 4 is 16.8 Å². The van der Waals surface area contributed by atoms with Crippen molar-refractivity contribution < 1.29 is 18.3 Å². The molecule has 9 heteroatoms. The Morgan fingerprint density at radius 3 is 2.58 bits per heavy atom. The molecule has 7 nitrogen and oxygen atoms in total. The number of fused-ring (bicyclic) bond motifs is 1. The maximum absolute atomic E-state index is 13.4. The molecular formula is C27H34F2N4O3. The van der Waals surface area contributed by atoms with Crippen LogP contribution < -0.4 is 15.6 Å². The molecular weight excluding hydrogens is 466 g/mol. The average molecular weight is 501 g/mol. The standard InChI is InChI=1S/C27H34F2N4O3/c1-16-13-23(36-4)21(26(34)31-16)14-30-27(35)24-17(2)33(22-8-6-5-7-20(22)24)15-19-9-11-32(12-10-19)18(3)25(28)29/h5-8,13,18-19,25H,9-12,14-15H2,1-4H3,(H,30,35)(H,31,34). The van der Waals surface area contributed by atoms with Crippen molar-refractivity contribution in [2.45, 2.75) is 59.2 Å². The van der Waals surface area contributed by atoms with E-state index in [0.29, 0.717) is 41.6 Å². The summed E-state index contributed by atoms with van der Waals surface area (Å²) in [6.45, 7) is 7.35. The van der Waals surface area contributed by atoms with Crippen LogP contribution in [0.3, 0.4) is 0 Å². The number of methoxy groups -OCH3 is 1. The summed E-state index contributed by atoms with van der Waals surface area (Å²) in [5.41, 5.74) is 3.15. The number of carbonyl (C=O) groups excluding carboxylic acids is 1. The van der Waals surface area contributed by atoms with Gasteiger partial charge in [0.15, 0.2) is 0 Å². The molecule has 0 radical (unpaired) electrons. The van der Waals surface area contributed by atoms with Gasteiger partial charge in [0.25, 0.3) is 17.9 Å². The lowest BCUT2D eigenvalue weighted by Crippen LogP contribution is -2.44. The van der Waals surface area contributed by atoms with Crippen LogP contribution in [0.4, 0.5) is 8.78 Å². The van der Waals surface area contributed by atoms with Crippen LogP contribution in [-0.2, 0) is 13.1 Å². The number of hydrogen-bond acceptors (Lipinski definition) is 4. The van der Waals surface area contributed by atoms with Crippen molar-refractivity contribution in [2.24, 2.45) is 5.92 Å². The number of carbonyl (C=O) groups is 1. The summed E-state index contributed by atoms with van der Waals surface area (Å²) in [5, 5.41) is 3.75. The van der Waals surface area contributed by atoms with Gasteiger partial charge in [-0.25, -0.2) is 8.78 Å². The van der Waals surface area contributed by atoms with Gasteiger partial charge in [0.05, 0.1) is 30.8 Å². The van der Waals surface area contributed by atoms with Crippen LogP contribution in [0.25, 0.3) is 10.9 Å². The highest BCUT2D eigenvalue weighted by Crippen LogP contribution is 2.30. The van der Waals surface area contributed by atoms with Gasteiger partial charge >= 0.3 is 0 Å². The zero-order valence-electron chi connectivity index (χ0n) is 21.2. The van der Waals surface area contributed by atoms with E-state index in [4.69, 9.17) is 4.74 Å². The number of H-pyrrole nitrogens is 1. The minimum absolute atomic E-state index is 0.0390. The van der Waals surface area contributed by atoms with E-state index in [-0.39, 0.29) is 18.0 Å². The van der Waals surface area contributed by atoms with Gasteiger partial charge in [0, 0.05) is 28.8 Å². The molecule has 1 atom stereocenters. The van der Waals surface area contributed by atoms with Crippen LogP contribution >= 0.6 is 0 Å². The van der Waals surface area contributed by atoms with Gasteiger partial charge in [0.2, 0.25) is 0 Å². The third-order valence-electron chi connectivity index (χ3n) is 7.36. The van der Waals surface area contributed by atoms with Crippen LogP contribution in [0.5, 0.6) is 5.75 Å². The molecule has 1 aromatic carbocycles. The molecule has 1 aliphatic rings. The fraction of sp³-hybridized carbons (Fsp3) is 0.481. The fourth-order valence-electron chi connectivity index (χ4n) is 5.21. The number of aromatic nitrogens is 2. The number of piperidine rings is 1. The largest absolute Gasteiger partial charge is 0.496 e. The van der Waals surface area contributed by atoms with Crippen LogP contribution in [0.1, 0.15) is 47.1 Å². The second kappa shape index (κ2) is 10.8. The minimum Gasteiger partial charge on any atom is -0.496 e. The van der Waals surface area contributed by atoms with Gasteiger partial charge < -0.3 is 19.6 Å². The molecule has 0 aliphatic carbocycles. The SMILES string of the molecule is COc1cc(C)[nH]c(=O)c1CNC(=O)c1c(C)n(CC2CCN(C(C)C(F)F)CC2)c2ccccc12. The Labute approximate surface area is 209 Å². The number of amides is 1. The summed E-state index contributed by atoms with van der Waals surface area (Å²) in [7, 11) is 1.50. The Morgan fingerprint density at radius 1 is 1.22 bits per heavy atom. The molecule has 1 unspecified atom stereocenters. The first-order valence-corrected chi connectivity index (χ1v) is 12.4. The Morgan fingerprint density at radius 2 is 1.92 bits per heavy atom. The molecule has 36 heavy (non-hydrogen) atoms. The van der Waals surface area contributed by atoms with Gasteiger partial charge in [-0.05, 0) is 64.8 Å². The van der Waals surface area contributed by atoms with Gasteiger partial charge in [-0.1, -0.05) is 18.2 Å². The van der Waals surface area contributed by atoms with Crippen molar-refractivity contribution in [1.82, 2.24) is 19.8 Å². The number of pyridine rings is 1. The minimum atomic E-state index is -2.34. The van der Waals surface area contributed by atoms with Crippen molar-refractivity contribution in [1.29, 1.82) is 0 Å². The molecule has 194 valence electrons. The normalized spacial score (nSPS) is 16.0. The lowest BCUT2D eigenvalue weighted by atomic mass is 9.95. The van der Waals surface area contributed by atoms with Crippen molar-refractivity contribution in [3.8, 4) is 5.75 Å².